The Morgan fingerprint density at radius 2 is 2.04 bits per heavy atom. The summed E-state index contributed by atoms with van der Waals surface area (Å²) in [5.74, 6) is 1.19. The molecule has 0 bridgehead atoms. The largest absolute Gasteiger partial charge is 0.302 e. The highest BCUT2D eigenvalue weighted by molar-refractivity contribution is 7.99. The lowest BCUT2D eigenvalue weighted by Crippen LogP contribution is -2.27. The van der Waals surface area contributed by atoms with Gasteiger partial charge in [-0.2, -0.15) is 4.31 Å². The molecule has 2 heterocycles. The highest BCUT2D eigenvalue weighted by Crippen LogP contribution is 2.28. The second kappa shape index (κ2) is 8.12. The van der Waals surface area contributed by atoms with Gasteiger partial charge in [0.05, 0.1) is 4.90 Å². The number of rotatable bonds is 7. The van der Waals surface area contributed by atoms with E-state index in [4.69, 9.17) is 11.6 Å². The van der Waals surface area contributed by atoms with Crippen LogP contribution in [0, 0.1) is 0 Å². The Bertz CT molecular complexity index is 905. The van der Waals surface area contributed by atoms with Crippen LogP contribution in [0.2, 0.25) is 0 Å². The molecule has 0 radical (unpaired) electrons. The number of benzene rings is 1. The number of nitrogens with zero attached hydrogens (tertiary/aromatic N) is 4. The summed E-state index contributed by atoms with van der Waals surface area (Å²) in [5, 5.41) is 9.76. The van der Waals surface area contributed by atoms with Gasteiger partial charge in [-0.15, -0.1) is 10.2 Å². The summed E-state index contributed by atoms with van der Waals surface area (Å²) >= 11 is 7.29. The van der Waals surface area contributed by atoms with Gasteiger partial charge in [-0.25, -0.2) is 8.42 Å². The SMILES string of the molecule is C=C(Cl)CSc1nnc(-c2cccc(S(=O)(=O)N3CCCC3)c2)n1CC. The minimum atomic E-state index is -3.46. The number of aromatic nitrogens is 3. The lowest BCUT2D eigenvalue weighted by molar-refractivity contribution is 0.477. The second-order valence-electron chi connectivity index (χ2n) is 6.00. The van der Waals surface area contributed by atoms with Gasteiger partial charge in [0.25, 0.3) is 0 Å². The first-order chi connectivity index (χ1) is 12.4. The van der Waals surface area contributed by atoms with Crippen LogP contribution >= 0.6 is 23.4 Å². The van der Waals surface area contributed by atoms with Crippen LogP contribution in [0.4, 0.5) is 0 Å². The molecule has 1 aliphatic heterocycles. The first-order valence-corrected chi connectivity index (χ1v) is 11.2. The van der Waals surface area contributed by atoms with Gasteiger partial charge in [-0.1, -0.05) is 42.1 Å². The second-order valence-corrected chi connectivity index (χ2v) is 9.41. The molecule has 0 atom stereocenters. The molecule has 1 fully saturated rings. The van der Waals surface area contributed by atoms with Crippen LogP contribution in [0.15, 0.2) is 45.9 Å². The van der Waals surface area contributed by atoms with Gasteiger partial charge < -0.3 is 4.57 Å². The van der Waals surface area contributed by atoms with Gasteiger partial charge in [0.1, 0.15) is 0 Å². The van der Waals surface area contributed by atoms with Crippen molar-refractivity contribution in [1.82, 2.24) is 19.1 Å². The highest BCUT2D eigenvalue weighted by atomic mass is 35.5. The fraction of sp³-hybridized carbons (Fsp3) is 0.412. The quantitative estimate of drug-likeness (QED) is 0.650. The highest BCUT2D eigenvalue weighted by Gasteiger charge is 2.27. The molecule has 26 heavy (non-hydrogen) atoms. The van der Waals surface area contributed by atoms with Crippen LogP contribution in [0.1, 0.15) is 19.8 Å². The molecule has 6 nitrogen and oxygen atoms in total. The maximum Gasteiger partial charge on any atom is 0.243 e. The lowest BCUT2D eigenvalue weighted by atomic mass is 10.2. The third-order valence-corrected chi connectivity index (χ3v) is 7.43. The Morgan fingerprint density at radius 3 is 2.69 bits per heavy atom. The van der Waals surface area contributed by atoms with Crippen molar-refractivity contribution in [2.75, 3.05) is 18.8 Å². The predicted octanol–water partition coefficient (Wildman–Crippen LogP) is 3.59. The van der Waals surface area contributed by atoms with Gasteiger partial charge >= 0.3 is 0 Å². The monoisotopic (exact) mass is 412 g/mol. The topological polar surface area (TPSA) is 68.1 Å². The number of hydrogen-bond donors (Lipinski definition) is 0. The smallest absolute Gasteiger partial charge is 0.243 e. The van der Waals surface area contributed by atoms with Crippen LogP contribution in [0.3, 0.4) is 0 Å². The Morgan fingerprint density at radius 1 is 1.31 bits per heavy atom. The van der Waals surface area contributed by atoms with E-state index in [0.29, 0.717) is 41.1 Å². The zero-order valence-electron chi connectivity index (χ0n) is 14.6. The molecular formula is C17H21ClN4O2S2. The fourth-order valence-electron chi connectivity index (χ4n) is 2.91. The summed E-state index contributed by atoms with van der Waals surface area (Å²) in [6.07, 6.45) is 1.82. The van der Waals surface area contributed by atoms with Crippen LogP contribution in [0.25, 0.3) is 11.4 Å². The number of hydrogen-bond acceptors (Lipinski definition) is 5. The molecule has 1 aromatic carbocycles. The standard InChI is InChI=1S/C17H21ClN4O2S2/c1-3-22-16(19-20-17(22)25-12-13(2)18)14-7-6-8-15(11-14)26(23,24)21-9-4-5-10-21/h6-8,11H,2-5,9-10,12H2,1H3. The summed E-state index contributed by atoms with van der Waals surface area (Å²) in [4.78, 5) is 0.297. The van der Waals surface area contributed by atoms with Crippen molar-refractivity contribution < 1.29 is 8.42 Å². The van der Waals surface area contributed by atoms with Gasteiger partial charge in [0.15, 0.2) is 11.0 Å². The van der Waals surface area contributed by atoms with Crippen molar-refractivity contribution in [3.05, 3.63) is 35.9 Å². The fourth-order valence-corrected chi connectivity index (χ4v) is 5.39. The molecule has 9 heteroatoms. The third kappa shape index (κ3) is 3.98. The van der Waals surface area contributed by atoms with Gasteiger partial charge in [0, 0.05) is 36.0 Å². The molecule has 0 N–H and O–H groups in total. The molecule has 140 valence electrons. The number of thioether (sulfide) groups is 1. The molecule has 0 spiro atoms. The normalized spacial score (nSPS) is 15.5. The first-order valence-electron chi connectivity index (χ1n) is 8.43. The number of sulfonamides is 1. The van der Waals surface area contributed by atoms with E-state index in [1.165, 1.54) is 11.8 Å². The molecule has 0 amide bonds. The molecule has 0 saturated carbocycles. The maximum atomic E-state index is 12.8. The molecule has 0 unspecified atom stereocenters. The van der Waals surface area contributed by atoms with E-state index in [9.17, 15) is 8.42 Å². The van der Waals surface area contributed by atoms with Crippen molar-refractivity contribution in [1.29, 1.82) is 0 Å². The zero-order valence-corrected chi connectivity index (χ0v) is 16.9. The molecule has 0 aliphatic carbocycles. The van der Waals surface area contributed by atoms with E-state index in [1.807, 2.05) is 17.6 Å². The molecular weight excluding hydrogens is 392 g/mol. The first kappa shape index (κ1) is 19.4. The van der Waals surface area contributed by atoms with Gasteiger partial charge in [-0.3, -0.25) is 0 Å². The Labute approximate surface area is 163 Å². The average molecular weight is 413 g/mol. The van der Waals surface area contributed by atoms with E-state index in [2.05, 4.69) is 16.8 Å². The maximum absolute atomic E-state index is 12.8. The van der Waals surface area contributed by atoms with E-state index >= 15 is 0 Å². The Kier molecular flexibility index (Phi) is 6.06. The van der Waals surface area contributed by atoms with Crippen molar-refractivity contribution >= 4 is 33.4 Å². The summed E-state index contributed by atoms with van der Waals surface area (Å²) in [5.41, 5.74) is 0.733. The average Bonchev–Trinajstić information content (AvgIpc) is 3.29. The van der Waals surface area contributed by atoms with Crippen molar-refractivity contribution in [2.24, 2.45) is 0 Å². The van der Waals surface area contributed by atoms with Crippen LogP contribution < -0.4 is 0 Å². The Balaban J connectivity index is 1.94. The molecule has 1 aromatic heterocycles. The van der Waals surface area contributed by atoms with Gasteiger partial charge in [0.2, 0.25) is 10.0 Å². The van der Waals surface area contributed by atoms with Crippen LogP contribution in [-0.4, -0.2) is 46.3 Å². The molecule has 2 aromatic rings. The lowest BCUT2D eigenvalue weighted by Gasteiger charge is -2.16. The number of halogens is 1. The van der Waals surface area contributed by atoms with E-state index in [1.54, 1.807) is 22.5 Å². The van der Waals surface area contributed by atoms with E-state index in [0.717, 1.165) is 23.6 Å². The van der Waals surface area contributed by atoms with Crippen molar-refractivity contribution in [3.63, 3.8) is 0 Å². The minimum absolute atomic E-state index is 0.297. The van der Waals surface area contributed by atoms with Crippen molar-refractivity contribution in [3.8, 4) is 11.4 Å². The predicted molar refractivity (Wildman–Crippen MR) is 105 cm³/mol. The summed E-state index contributed by atoms with van der Waals surface area (Å²) < 4.78 is 29.1. The summed E-state index contributed by atoms with van der Waals surface area (Å²) in [7, 11) is -3.46. The molecule has 1 saturated heterocycles. The van der Waals surface area contributed by atoms with E-state index in [-0.39, 0.29) is 0 Å². The minimum Gasteiger partial charge on any atom is -0.302 e. The van der Waals surface area contributed by atoms with Crippen LogP contribution in [-0.2, 0) is 16.6 Å². The third-order valence-electron chi connectivity index (χ3n) is 4.19. The van der Waals surface area contributed by atoms with Gasteiger partial charge in [-0.05, 0) is 31.9 Å². The summed E-state index contributed by atoms with van der Waals surface area (Å²) in [6.45, 7) is 7.52. The van der Waals surface area contributed by atoms with Crippen molar-refractivity contribution in [2.45, 2.75) is 36.4 Å². The summed E-state index contributed by atoms with van der Waals surface area (Å²) in [6, 6.07) is 6.92. The Hall–Kier alpha value is -1.35. The van der Waals surface area contributed by atoms with E-state index < -0.39 is 10.0 Å². The van der Waals surface area contributed by atoms with Crippen LogP contribution in [0.5, 0.6) is 0 Å². The molecule has 3 rings (SSSR count). The molecule has 1 aliphatic rings. The zero-order chi connectivity index (χ0) is 18.7.